The smallest absolute Gasteiger partial charge is 0.258 e. The Balaban J connectivity index is 1.63. The van der Waals surface area contributed by atoms with E-state index in [0.717, 1.165) is 33.5 Å². The third-order valence-electron chi connectivity index (χ3n) is 6.34. The second kappa shape index (κ2) is 9.72. The monoisotopic (exact) mass is 490 g/mol. The van der Waals surface area contributed by atoms with Gasteiger partial charge >= 0.3 is 0 Å². The van der Waals surface area contributed by atoms with Gasteiger partial charge in [-0.2, -0.15) is 0 Å². The molecule has 5 aromatic rings. The van der Waals surface area contributed by atoms with E-state index in [1.165, 1.54) is 0 Å². The van der Waals surface area contributed by atoms with Gasteiger partial charge < -0.3 is 15.2 Å². The number of likely N-dealkylation sites (N-methyl/N-ethyl adjacent to an activating group) is 1. The molecule has 5 rings (SSSR count). The fourth-order valence-electron chi connectivity index (χ4n) is 4.17. The highest BCUT2D eigenvalue weighted by Crippen LogP contribution is 2.28. The maximum absolute atomic E-state index is 12.5. The van der Waals surface area contributed by atoms with Crippen LogP contribution < -0.4 is 16.2 Å². The Morgan fingerprint density at radius 3 is 2.68 bits per heavy atom. The minimum atomic E-state index is -0.373. The van der Waals surface area contributed by atoms with E-state index in [-0.39, 0.29) is 17.5 Å². The van der Waals surface area contributed by atoms with Crippen LogP contribution in [0, 0.1) is 18.8 Å². The summed E-state index contributed by atoms with van der Waals surface area (Å²) in [5, 5.41) is 7.24. The molecule has 1 aromatic carbocycles. The molecule has 4 heterocycles. The Morgan fingerprint density at radius 1 is 1.03 bits per heavy atom. The molecule has 8 heteroatoms. The van der Waals surface area contributed by atoms with Gasteiger partial charge in [0.2, 0.25) is 5.91 Å². The Labute approximate surface area is 214 Å². The number of carbonyl (C=O) groups excluding carboxylic acids is 1. The highest BCUT2D eigenvalue weighted by atomic mass is 16.2. The van der Waals surface area contributed by atoms with E-state index in [1.54, 1.807) is 43.9 Å². The fraction of sp³-hybridized carbons (Fsp3) is 0.172. The highest BCUT2D eigenvalue weighted by Gasteiger charge is 2.17. The van der Waals surface area contributed by atoms with E-state index in [1.807, 2.05) is 60.0 Å². The Hall–Kier alpha value is -4.74. The van der Waals surface area contributed by atoms with Gasteiger partial charge in [0.25, 0.3) is 5.56 Å². The summed E-state index contributed by atoms with van der Waals surface area (Å²) in [6.07, 6.45) is 3.70. The Morgan fingerprint density at radius 2 is 1.86 bits per heavy atom. The van der Waals surface area contributed by atoms with Crippen molar-refractivity contribution in [2.45, 2.75) is 19.9 Å². The van der Waals surface area contributed by atoms with E-state index in [0.29, 0.717) is 16.9 Å². The normalized spacial score (nSPS) is 11.8. The number of hydrogen-bond donors (Lipinski definition) is 2. The van der Waals surface area contributed by atoms with Gasteiger partial charge in [-0.15, -0.1) is 0 Å². The quantitative estimate of drug-likeness (QED) is 0.376. The predicted octanol–water partition coefficient (Wildman–Crippen LogP) is 3.50. The van der Waals surface area contributed by atoms with Gasteiger partial charge in [0.1, 0.15) is 17.2 Å². The average Bonchev–Trinajstić information content (AvgIpc) is 3.24. The lowest BCUT2D eigenvalue weighted by Gasteiger charge is -2.12. The molecule has 0 fully saturated rings. The minimum Gasteiger partial charge on any atom is -0.318 e. The number of rotatable bonds is 4. The Kier molecular flexibility index (Phi) is 6.30. The van der Waals surface area contributed by atoms with Crippen LogP contribution in [0.25, 0.3) is 27.7 Å². The van der Waals surface area contributed by atoms with Gasteiger partial charge in [0, 0.05) is 36.0 Å². The van der Waals surface area contributed by atoms with Crippen molar-refractivity contribution in [1.82, 2.24) is 24.3 Å². The van der Waals surface area contributed by atoms with Crippen LogP contribution in [0.5, 0.6) is 0 Å². The molecule has 0 bridgehead atoms. The third-order valence-corrected chi connectivity index (χ3v) is 6.34. The van der Waals surface area contributed by atoms with Crippen molar-refractivity contribution in [1.29, 1.82) is 0 Å². The van der Waals surface area contributed by atoms with E-state index in [9.17, 15) is 9.59 Å². The fourth-order valence-corrected chi connectivity index (χ4v) is 4.17. The summed E-state index contributed by atoms with van der Waals surface area (Å²) in [5.74, 6) is 6.62. The number of fused-ring (bicyclic) bond motifs is 2. The van der Waals surface area contributed by atoms with Gasteiger partial charge in [-0.25, -0.2) is 9.97 Å². The molecule has 1 atom stereocenters. The number of anilines is 1. The third kappa shape index (κ3) is 4.60. The number of carbonyl (C=O) groups is 1. The molecular weight excluding hydrogens is 464 g/mol. The number of nitrogens with zero attached hydrogens (tertiary/aromatic N) is 4. The number of pyridine rings is 3. The minimum absolute atomic E-state index is 0.0525. The molecule has 0 aliphatic carbocycles. The number of aromatic nitrogens is 4. The maximum Gasteiger partial charge on any atom is 0.258 e. The summed E-state index contributed by atoms with van der Waals surface area (Å²) < 4.78 is 3.56. The number of imidazole rings is 1. The number of hydrogen-bond acceptors (Lipinski definition) is 5. The van der Waals surface area contributed by atoms with Crippen LogP contribution in [0.2, 0.25) is 0 Å². The number of benzene rings is 1. The van der Waals surface area contributed by atoms with Crippen molar-refractivity contribution in [3.63, 3.8) is 0 Å². The molecule has 0 aliphatic rings. The molecule has 0 saturated heterocycles. The molecule has 0 saturated carbocycles. The largest absolute Gasteiger partial charge is 0.318 e. The van der Waals surface area contributed by atoms with Crippen LogP contribution in [0.1, 0.15) is 23.9 Å². The van der Waals surface area contributed by atoms with Crippen LogP contribution in [-0.4, -0.2) is 37.9 Å². The van der Waals surface area contributed by atoms with Crippen LogP contribution in [0.3, 0.4) is 0 Å². The molecule has 0 aliphatic heterocycles. The molecule has 8 nitrogen and oxygen atoms in total. The van der Waals surface area contributed by atoms with E-state index in [4.69, 9.17) is 4.98 Å². The summed E-state index contributed by atoms with van der Waals surface area (Å²) in [5.41, 5.74) is 4.56. The van der Waals surface area contributed by atoms with Crippen LogP contribution in [0.15, 0.2) is 71.8 Å². The van der Waals surface area contributed by atoms with E-state index in [2.05, 4.69) is 27.5 Å². The van der Waals surface area contributed by atoms with Crippen molar-refractivity contribution in [3.8, 4) is 23.1 Å². The zero-order valence-corrected chi connectivity index (χ0v) is 21.0. The first-order valence-electron chi connectivity index (χ1n) is 11.9. The van der Waals surface area contributed by atoms with Crippen LogP contribution in [0.4, 0.5) is 5.82 Å². The van der Waals surface area contributed by atoms with Gasteiger partial charge in [0.15, 0.2) is 0 Å². The molecule has 0 radical (unpaired) electrons. The average molecular weight is 491 g/mol. The van der Waals surface area contributed by atoms with Gasteiger partial charge in [-0.05, 0) is 80.7 Å². The zero-order valence-electron chi connectivity index (χ0n) is 21.0. The van der Waals surface area contributed by atoms with Crippen LogP contribution >= 0.6 is 0 Å². The van der Waals surface area contributed by atoms with Gasteiger partial charge in [-0.1, -0.05) is 12.0 Å². The standard InChI is InChI=1S/C29H26N6O2/c1-18-27(35-15-6-5-7-26(35)31-18)23-11-13-25(33-28(36)19(2)30-3)32-24(23)12-9-20-8-10-22-21(17-20)14-16-34(4)29(22)37/h5-8,10-11,13-17,19,30H,1-4H3,(H,32,33,36). The van der Waals surface area contributed by atoms with Crippen molar-refractivity contribution in [2.75, 3.05) is 12.4 Å². The molecule has 184 valence electrons. The van der Waals surface area contributed by atoms with E-state index < -0.39 is 0 Å². The molecule has 1 unspecified atom stereocenters. The van der Waals surface area contributed by atoms with E-state index >= 15 is 0 Å². The summed E-state index contributed by atoms with van der Waals surface area (Å²) >= 11 is 0. The summed E-state index contributed by atoms with van der Waals surface area (Å²) in [6.45, 7) is 3.73. The lowest BCUT2D eigenvalue weighted by molar-refractivity contribution is -0.117. The predicted molar refractivity (Wildman–Crippen MR) is 145 cm³/mol. The van der Waals surface area contributed by atoms with Crippen molar-refractivity contribution in [3.05, 3.63) is 94.3 Å². The topological polar surface area (TPSA) is 93.3 Å². The molecule has 0 spiro atoms. The second-order valence-corrected chi connectivity index (χ2v) is 8.85. The molecule has 4 aromatic heterocycles. The lowest BCUT2D eigenvalue weighted by Crippen LogP contribution is -2.35. The molecule has 1 amide bonds. The first kappa shape index (κ1) is 24.0. The van der Waals surface area contributed by atoms with Gasteiger partial charge in [0.05, 0.1) is 17.4 Å². The highest BCUT2D eigenvalue weighted by molar-refractivity contribution is 5.94. The zero-order chi connectivity index (χ0) is 26.1. The van der Waals surface area contributed by atoms with Gasteiger partial charge in [-0.3, -0.25) is 14.0 Å². The number of nitrogens with one attached hydrogen (secondary N) is 2. The molecular formula is C29H26N6O2. The number of aryl methyl sites for hydroxylation is 2. The maximum atomic E-state index is 12.5. The van der Waals surface area contributed by atoms with Crippen molar-refractivity contribution in [2.24, 2.45) is 7.05 Å². The summed E-state index contributed by atoms with van der Waals surface area (Å²) in [6, 6.07) is 16.6. The van der Waals surface area contributed by atoms with Crippen molar-refractivity contribution < 1.29 is 4.79 Å². The SMILES string of the molecule is CNC(C)C(=O)Nc1ccc(-c2c(C)nc3ccccn23)c(C#Cc2ccc3c(=O)n(C)ccc3c2)n1. The Bertz CT molecular complexity index is 1790. The van der Waals surface area contributed by atoms with Crippen molar-refractivity contribution >= 4 is 28.1 Å². The summed E-state index contributed by atoms with van der Waals surface area (Å²) in [7, 11) is 3.46. The second-order valence-electron chi connectivity index (χ2n) is 8.85. The van der Waals surface area contributed by atoms with Crippen LogP contribution in [-0.2, 0) is 11.8 Å². The first-order valence-corrected chi connectivity index (χ1v) is 11.9. The summed E-state index contributed by atoms with van der Waals surface area (Å²) in [4.78, 5) is 34.2. The number of amides is 1. The lowest BCUT2D eigenvalue weighted by atomic mass is 10.1. The molecule has 2 N–H and O–H groups in total. The first-order chi connectivity index (χ1) is 17.9. The molecule has 37 heavy (non-hydrogen) atoms.